The minimum atomic E-state index is 0.0665. The first-order chi connectivity index (χ1) is 10.2. The Labute approximate surface area is 127 Å². The second-order valence-corrected chi connectivity index (χ2v) is 5.61. The average molecular weight is 291 g/mol. The molecule has 0 bridgehead atoms. The largest absolute Gasteiger partial charge is 0.484 e. The van der Waals surface area contributed by atoms with E-state index in [-0.39, 0.29) is 12.5 Å². The van der Waals surface area contributed by atoms with Crippen LogP contribution in [0.1, 0.15) is 25.3 Å². The quantitative estimate of drug-likeness (QED) is 0.809. The molecule has 1 aliphatic rings. The highest BCUT2D eigenvalue weighted by molar-refractivity contribution is 5.77. The number of nitrogens with zero attached hydrogens (tertiary/aromatic N) is 1. The van der Waals surface area contributed by atoms with Crippen LogP contribution in [0.4, 0.5) is 0 Å². The summed E-state index contributed by atoms with van der Waals surface area (Å²) in [5.41, 5.74) is 1.18. The van der Waals surface area contributed by atoms with Gasteiger partial charge in [-0.25, -0.2) is 0 Å². The van der Waals surface area contributed by atoms with E-state index in [1.54, 1.807) is 0 Å². The lowest BCUT2D eigenvalue weighted by Crippen LogP contribution is -2.43. The number of benzene rings is 1. The number of rotatable bonds is 6. The monoisotopic (exact) mass is 291 g/mol. The van der Waals surface area contributed by atoms with Gasteiger partial charge in [0, 0.05) is 19.7 Å². The van der Waals surface area contributed by atoms with Gasteiger partial charge in [0.2, 0.25) is 0 Å². The van der Waals surface area contributed by atoms with Crippen molar-refractivity contribution in [2.45, 2.75) is 26.7 Å². The van der Waals surface area contributed by atoms with Crippen molar-refractivity contribution in [2.24, 2.45) is 5.92 Å². The number of aryl methyl sites for hydroxylation is 1. The van der Waals surface area contributed by atoms with Crippen LogP contribution in [-0.2, 0) is 9.53 Å². The summed E-state index contributed by atoms with van der Waals surface area (Å²) in [7, 11) is 0. The van der Waals surface area contributed by atoms with Gasteiger partial charge in [-0.1, -0.05) is 17.7 Å². The van der Waals surface area contributed by atoms with Crippen LogP contribution in [0.2, 0.25) is 0 Å². The van der Waals surface area contributed by atoms with E-state index in [1.165, 1.54) is 5.56 Å². The molecule has 1 heterocycles. The molecule has 0 spiro atoms. The van der Waals surface area contributed by atoms with Gasteiger partial charge in [-0.2, -0.15) is 0 Å². The van der Waals surface area contributed by atoms with Crippen LogP contribution in [0.25, 0.3) is 0 Å². The number of carbonyl (C=O) groups is 1. The standard InChI is InChI=1S/C17H25NO3/c1-3-20-12-15-5-4-10-18(11-15)17(19)13-21-16-8-6-14(2)7-9-16/h6-9,15H,3-5,10-13H2,1-2H3. The first-order valence-electron chi connectivity index (χ1n) is 7.74. The minimum Gasteiger partial charge on any atom is -0.484 e. The van der Waals surface area contributed by atoms with Crippen LogP contribution < -0.4 is 4.74 Å². The van der Waals surface area contributed by atoms with Crippen molar-refractivity contribution in [1.29, 1.82) is 0 Å². The third-order valence-corrected chi connectivity index (χ3v) is 3.81. The summed E-state index contributed by atoms with van der Waals surface area (Å²) in [4.78, 5) is 14.1. The molecule has 4 heteroatoms. The first kappa shape index (κ1) is 15.8. The molecule has 1 unspecified atom stereocenters. The molecule has 1 amide bonds. The van der Waals surface area contributed by atoms with E-state index in [9.17, 15) is 4.79 Å². The summed E-state index contributed by atoms with van der Waals surface area (Å²) in [6.07, 6.45) is 2.19. The number of likely N-dealkylation sites (tertiary alicyclic amines) is 1. The van der Waals surface area contributed by atoms with E-state index < -0.39 is 0 Å². The third-order valence-electron chi connectivity index (χ3n) is 3.81. The van der Waals surface area contributed by atoms with E-state index in [1.807, 2.05) is 43.0 Å². The maximum absolute atomic E-state index is 12.2. The van der Waals surface area contributed by atoms with Crippen LogP contribution in [0, 0.1) is 12.8 Å². The molecule has 0 N–H and O–H groups in total. The Kier molecular flexibility index (Phi) is 6.05. The zero-order chi connectivity index (χ0) is 15.1. The molecule has 0 aromatic heterocycles. The molecule has 0 radical (unpaired) electrons. The molecule has 1 fully saturated rings. The molecule has 1 atom stereocenters. The zero-order valence-electron chi connectivity index (χ0n) is 13.0. The second-order valence-electron chi connectivity index (χ2n) is 5.61. The molecule has 1 saturated heterocycles. The summed E-state index contributed by atoms with van der Waals surface area (Å²) in [6, 6.07) is 7.77. The van der Waals surface area contributed by atoms with Crippen molar-refractivity contribution < 1.29 is 14.3 Å². The molecule has 0 saturated carbocycles. The van der Waals surface area contributed by atoms with Crippen molar-refractivity contribution >= 4 is 5.91 Å². The Balaban J connectivity index is 1.78. The summed E-state index contributed by atoms with van der Waals surface area (Å²) < 4.78 is 11.0. The molecule has 1 aliphatic heterocycles. The highest BCUT2D eigenvalue weighted by atomic mass is 16.5. The molecule has 2 rings (SSSR count). The minimum absolute atomic E-state index is 0.0665. The lowest BCUT2D eigenvalue weighted by molar-refractivity contribution is -0.135. The predicted octanol–water partition coefficient (Wildman–Crippen LogP) is 2.65. The maximum atomic E-state index is 12.2. The van der Waals surface area contributed by atoms with Gasteiger partial charge in [0.1, 0.15) is 5.75 Å². The van der Waals surface area contributed by atoms with Gasteiger partial charge >= 0.3 is 0 Å². The summed E-state index contributed by atoms with van der Waals surface area (Å²) in [6.45, 7) is 7.25. The molecule has 21 heavy (non-hydrogen) atoms. The van der Waals surface area contributed by atoms with Gasteiger partial charge in [-0.05, 0) is 44.7 Å². The van der Waals surface area contributed by atoms with Crippen molar-refractivity contribution in [3.63, 3.8) is 0 Å². The van der Waals surface area contributed by atoms with Gasteiger partial charge in [-0.15, -0.1) is 0 Å². The topological polar surface area (TPSA) is 38.8 Å². The normalized spacial score (nSPS) is 18.6. The number of amides is 1. The fourth-order valence-corrected chi connectivity index (χ4v) is 2.58. The Morgan fingerprint density at radius 3 is 2.81 bits per heavy atom. The molecule has 1 aromatic rings. The smallest absolute Gasteiger partial charge is 0.260 e. The van der Waals surface area contributed by atoms with E-state index in [4.69, 9.17) is 9.47 Å². The highest BCUT2D eigenvalue weighted by Gasteiger charge is 2.23. The SMILES string of the molecule is CCOCC1CCCN(C(=O)COc2ccc(C)cc2)C1. The molecular weight excluding hydrogens is 266 g/mol. The number of ether oxygens (including phenoxy) is 2. The Hall–Kier alpha value is -1.55. The maximum Gasteiger partial charge on any atom is 0.260 e. The van der Waals surface area contributed by atoms with E-state index in [0.29, 0.717) is 5.92 Å². The molecule has 1 aromatic carbocycles. The Bertz CT molecular complexity index is 444. The van der Waals surface area contributed by atoms with Crippen LogP contribution >= 0.6 is 0 Å². The van der Waals surface area contributed by atoms with Gasteiger partial charge in [0.05, 0.1) is 6.61 Å². The number of piperidine rings is 1. The van der Waals surface area contributed by atoms with Gasteiger partial charge < -0.3 is 14.4 Å². The van der Waals surface area contributed by atoms with E-state index >= 15 is 0 Å². The second kappa shape index (κ2) is 8.03. The lowest BCUT2D eigenvalue weighted by atomic mass is 9.99. The van der Waals surface area contributed by atoms with Crippen LogP contribution in [0.5, 0.6) is 5.75 Å². The highest BCUT2D eigenvalue weighted by Crippen LogP contribution is 2.17. The first-order valence-corrected chi connectivity index (χ1v) is 7.74. The molecule has 116 valence electrons. The van der Waals surface area contributed by atoms with Crippen molar-refractivity contribution in [1.82, 2.24) is 4.90 Å². The number of carbonyl (C=O) groups excluding carboxylic acids is 1. The summed E-state index contributed by atoms with van der Waals surface area (Å²) in [5.74, 6) is 1.27. The third kappa shape index (κ3) is 5.05. The van der Waals surface area contributed by atoms with E-state index in [0.717, 1.165) is 44.9 Å². The zero-order valence-corrected chi connectivity index (χ0v) is 13.0. The summed E-state index contributed by atoms with van der Waals surface area (Å²) in [5, 5.41) is 0. The van der Waals surface area contributed by atoms with Gasteiger partial charge in [-0.3, -0.25) is 4.79 Å². The van der Waals surface area contributed by atoms with Crippen LogP contribution in [0.15, 0.2) is 24.3 Å². The van der Waals surface area contributed by atoms with Crippen molar-refractivity contribution in [3.8, 4) is 5.75 Å². The Morgan fingerprint density at radius 2 is 2.10 bits per heavy atom. The summed E-state index contributed by atoms with van der Waals surface area (Å²) >= 11 is 0. The van der Waals surface area contributed by atoms with Gasteiger partial charge in [0.15, 0.2) is 6.61 Å². The number of hydrogen-bond donors (Lipinski definition) is 0. The molecule has 0 aliphatic carbocycles. The van der Waals surface area contributed by atoms with Crippen LogP contribution in [-0.4, -0.2) is 43.7 Å². The van der Waals surface area contributed by atoms with Crippen LogP contribution in [0.3, 0.4) is 0 Å². The Morgan fingerprint density at radius 1 is 1.33 bits per heavy atom. The average Bonchev–Trinajstić information content (AvgIpc) is 2.52. The molecule has 4 nitrogen and oxygen atoms in total. The van der Waals surface area contributed by atoms with Crippen molar-refractivity contribution in [3.05, 3.63) is 29.8 Å². The fourth-order valence-electron chi connectivity index (χ4n) is 2.58. The number of hydrogen-bond acceptors (Lipinski definition) is 3. The molecular formula is C17H25NO3. The lowest BCUT2D eigenvalue weighted by Gasteiger charge is -2.32. The van der Waals surface area contributed by atoms with Gasteiger partial charge in [0.25, 0.3) is 5.91 Å². The van der Waals surface area contributed by atoms with Crippen molar-refractivity contribution in [2.75, 3.05) is 32.9 Å². The predicted molar refractivity (Wildman–Crippen MR) is 82.5 cm³/mol. The fraction of sp³-hybridized carbons (Fsp3) is 0.588. The van der Waals surface area contributed by atoms with E-state index in [2.05, 4.69) is 0 Å².